The summed E-state index contributed by atoms with van der Waals surface area (Å²) in [6.45, 7) is 7.43. The lowest BCUT2D eigenvalue weighted by Crippen LogP contribution is -2.23. The predicted molar refractivity (Wildman–Crippen MR) is 77.3 cm³/mol. The van der Waals surface area contributed by atoms with Crippen LogP contribution in [0.1, 0.15) is 49.8 Å². The van der Waals surface area contributed by atoms with E-state index in [4.69, 9.17) is 0 Å². The first kappa shape index (κ1) is 14.1. The second-order valence-electron chi connectivity index (χ2n) is 4.91. The number of rotatable bonds is 7. The van der Waals surface area contributed by atoms with Crippen LogP contribution >= 0.6 is 11.5 Å². The van der Waals surface area contributed by atoms with E-state index in [1.54, 1.807) is 0 Å². The topological polar surface area (TPSA) is 55.6 Å². The molecule has 2 aromatic heterocycles. The Bertz CT molecular complexity index is 477. The fraction of sp³-hybridized carbons (Fsp3) is 0.615. The zero-order valence-corrected chi connectivity index (χ0v) is 12.5. The molecule has 0 saturated heterocycles. The Morgan fingerprint density at radius 1 is 1.42 bits per heavy atom. The molecule has 0 aliphatic heterocycles. The minimum absolute atomic E-state index is 0.260. The quantitative estimate of drug-likeness (QED) is 0.846. The van der Waals surface area contributed by atoms with E-state index in [1.807, 2.05) is 17.1 Å². The number of hydrogen-bond acceptors (Lipinski definition) is 5. The molecule has 0 amide bonds. The summed E-state index contributed by atoms with van der Waals surface area (Å²) in [7, 11) is 0. The lowest BCUT2D eigenvalue weighted by atomic mass is 10.1. The Hall–Kier alpha value is -1.27. The van der Waals surface area contributed by atoms with Crippen molar-refractivity contribution in [2.24, 2.45) is 0 Å². The third kappa shape index (κ3) is 3.84. The van der Waals surface area contributed by atoms with E-state index in [1.165, 1.54) is 16.4 Å². The minimum Gasteiger partial charge on any atom is -0.309 e. The van der Waals surface area contributed by atoms with Crippen LogP contribution in [0.5, 0.6) is 0 Å². The fourth-order valence-corrected chi connectivity index (χ4v) is 2.48. The van der Waals surface area contributed by atoms with Crippen LogP contribution in [0.25, 0.3) is 0 Å². The SMILES string of the molecule is CCCNC(Cc1ccn(C(C)C)n1)c1cnns1. The van der Waals surface area contributed by atoms with E-state index in [0.717, 1.165) is 25.1 Å². The molecule has 104 valence electrons. The van der Waals surface area contributed by atoms with Gasteiger partial charge < -0.3 is 5.32 Å². The molecule has 0 aromatic carbocycles. The van der Waals surface area contributed by atoms with Gasteiger partial charge in [0.15, 0.2) is 0 Å². The average Bonchev–Trinajstić information content (AvgIpc) is 3.05. The van der Waals surface area contributed by atoms with Crippen molar-refractivity contribution >= 4 is 11.5 Å². The van der Waals surface area contributed by atoms with Gasteiger partial charge in [0, 0.05) is 18.7 Å². The Morgan fingerprint density at radius 3 is 2.84 bits per heavy atom. The molecule has 2 aromatic rings. The van der Waals surface area contributed by atoms with Crippen molar-refractivity contribution in [1.29, 1.82) is 0 Å². The molecule has 0 fully saturated rings. The van der Waals surface area contributed by atoms with Crippen LogP contribution in [-0.2, 0) is 6.42 Å². The molecule has 0 aliphatic carbocycles. The van der Waals surface area contributed by atoms with E-state index in [9.17, 15) is 0 Å². The Morgan fingerprint density at radius 2 is 2.26 bits per heavy atom. The summed E-state index contributed by atoms with van der Waals surface area (Å²) in [4.78, 5) is 1.17. The van der Waals surface area contributed by atoms with Gasteiger partial charge in [-0.25, -0.2) is 0 Å². The van der Waals surface area contributed by atoms with Crippen LogP contribution in [-0.4, -0.2) is 25.9 Å². The van der Waals surface area contributed by atoms with Gasteiger partial charge >= 0.3 is 0 Å². The van der Waals surface area contributed by atoms with Crippen molar-refractivity contribution in [1.82, 2.24) is 24.7 Å². The van der Waals surface area contributed by atoms with Gasteiger partial charge in [0.1, 0.15) is 0 Å². The molecule has 6 heteroatoms. The summed E-state index contributed by atoms with van der Waals surface area (Å²) >= 11 is 1.46. The molecule has 1 N–H and O–H groups in total. The van der Waals surface area contributed by atoms with Crippen LogP contribution in [0, 0.1) is 0 Å². The molecule has 2 heterocycles. The van der Waals surface area contributed by atoms with Crippen molar-refractivity contribution < 1.29 is 0 Å². The first-order valence-electron chi connectivity index (χ1n) is 6.75. The van der Waals surface area contributed by atoms with E-state index >= 15 is 0 Å². The number of nitrogens with zero attached hydrogens (tertiary/aromatic N) is 4. The van der Waals surface area contributed by atoms with Crippen LogP contribution < -0.4 is 5.32 Å². The van der Waals surface area contributed by atoms with Gasteiger partial charge in [0.05, 0.1) is 22.8 Å². The van der Waals surface area contributed by atoms with Crippen LogP contribution in [0.4, 0.5) is 0 Å². The molecule has 0 aliphatic rings. The summed E-state index contributed by atoms with van der Waals surface area (Å²) in [6.07, 6.45) is 5.88. The molecule has 0 bridgehead atoms. The first-order chi connectivity index (χ1) is 9.20. The fourth-order valence-electron chi connectivity index (χ4n) is 1.90. The highest BCUT2D eigenvalue weighted by molar-refractivity contribution is 7.05. The van der Waals surface area contributed by atoms with Gasteiger partial charge in [-0.3, -0.25) is 4.68 Å². The average molecular weight is 279 g/mol. The number of nitrogens with one attached hydrogen (secondary N) is 1. The third-order valence-corrected chi connectivity index (χ3v) is 3.75. The maximum atomic E-state index is 4.61. The molecular weight excluding hydrogens is 258 g/mol. The van der Waals surface area contributed by atoms with E-state index in [-0.39, 0.29) is 6.04 Å². The Kier molecular flexibility index (Phi) is 5.04. The van der Waals surface area contributed by atoms with Crippen molar-refractivity contribution in [2.45, 2.75) is 45.7 Å². The Labute approximate surface area is 118 Å². The van der Waals surface area contributed by atoms with Crippen LogP contribution in [0.2, 0.25) is 0 Å². The van der Waals surface area contributed by atoms with E-state index < -0.39 is 0 Å². The normalized spacial score (nSPS) is 13.1. The van der Waals surface area contributed by atoms with Crippen molar-refractivity contribution in [3.8, 4) is 0 Å². The number of aromatic nitrogens is 4. The molecule has 2 rings (SSSR count). The van der Waals surface area contributed by atoms with Gasteiger partial charge in [-0.2, -0.15) is 5.10 Å². The molecule has 1 atom stereocenters. The smallest absolute Gasteiger partial charge is 0.0669 e. The molecule has 0 spiro atoms. The summed E-state index contributed by atoms with van der Waals surface area (Å²) in [5.74, 6) is 0. The van der Waals surface area contributed by atoms with E-state index in [0.29, 0.717) is 6.04 Å². The van der Waals surface area contributed by atoms with Crippen molar-refractivity contribution in [2.75, 3.05) is 6.54 Å². The van der Waals surface area contributed by atoms with Crippen LogP contribution in [0.3, 0.4) is 0 Å². The van der Waals surface area contributed by atoms with Gasteiger partial charge in [-0.05, 0) is 44.4 Å². The maximum Gasteiger partial charge on any atom is 0.0669 e. The van der Waals surface area contributed by atoms with Gasteiger partial charge in [0.25, 0.3) is 0 Å². The van der Waals surface area contributed by atoms with Crippen LogP contribution in [0.15, 0.2) is 18.5 Å². The van der Waals surface area contributed by atoms with Crippen molar-refractivity contribution in [3.63, 3.8) is 0 Å². The van der Waals surface area contributed by atoms with E-state index in [2.05, 4.69) is 46.8 Å². The van der Waals surface area contributed by atoms with Gasteiger partial charge in [0.2, 0.25) is 0 Å². The molecule has 19 heavy (non-hydrogen) atoms. The largest absolute Gasteiger partial charge is 0.309 e. The predicted octanol–water partition coefficient (Wildman–Crippen LogP) is 2.60. The molecule has 1 unspecified atom stereocenters. The lowest BCUT2D eigenvalue weighted by Gasteiger charge is -2.15. The monoisotopic (exact) mass is 279 g/mol. The minimum atomic E-state index is 0.260. The lowest BCUT2D eigenvalue weighted by molar-refractivity contribution is 0.502. The second-order valence-corrected chi connectivity index (χ2v) is 5.73. The zero-order chi connectivity index (χ0) is 13.7. The number of hydrogen-bond donors (Lipinski definition) is 1. The van der Waals surface area contributed by atoms with Gasteiger partial charge in [-0.15, -0.1) is 5.10 Å². The maximum absolute atomic E-state index is 4.61. The summed E-state index contributed by atoms with van der Waals surface area (Å²) < 4.78 is 5.95. The summed E-state index contributed by atoms with van der Waals surface area (Å²) in [5.41, 5.74) is 1.11. The first-order valence-corrected chi connectivity index (χ1v) is 7.52. The highest BCUT2D eigenvalue weighted by atomic mass is 32.1. The second kappa shape index (κ2) is 6.77. The summed E-state index contributed by atoms with van der Waals surface area (Å²) in [5, 5.41) is 12.1. The van der Waals surface area contributed by atoms with Crippen molar-refractivity contribution in [3.05, 3.63) is 29.0 Å². The Balaban J connectivity index is 2.06. The summed E-state index contributed by atoms with van der Waals surface area (Å²) in [6, 6.07) is 2.76. The highest BCUT2D eigenvalue weighted by Gasteiger charge is 2.15. The molecule has 5 nitrogen and oxygen atoms in total. The zero-order valence-electron chi connectivity index (χ0n) is 11.7. The standard InChI is InChI=1S/C13H21N5S/c1-4-6-14-12(13-9-15-17-19-13)8-11-5-7-18(16-11)10(2)3/h5,7,9-10,12,14H,4,6,8H2,1-3H3. The molecule has 0 radical (unpaired) electrons. The third-order valence-electron chi connectivity index (χ3n) is 2.97. The molecular formula is C13H21N5S. The highest BCUT2D eigenvalue weighted by Crippen LogP contribution is 2.20. The van der Waals surface area contributed by atoms with Gasteiger partial charge in [-0.1, -0.05) is 11.4 Å². The molecule has 0 saturated carbocycles.